The van der Waals surface area contributed by atoms with Crippen LogP contribution in [0.4, 0.5) is 0 Å². The summed E-state index contributed by atoms with van der Waals surface area (Å²) in [6, 6.07) is 0. The Morgan fingerprint density at radius 1 is 1.05 bits per heavy atom. The Morgan fingerprint density at radius 2 is 1.68 bits per heavy atom. The fraction of sp³-hybridized carbons (Fsp3) is 0.867. The van der Waals surface area contributed by atoms with E-state index in [4.69, 9.17) is 11.6 Å². The molecule has 0 amide bonds. The molecule has 1 aromatic heterocycles. The minimum absolute atomic E-state index is 0.0236. The van der Waals surface area contributed by atoms with Crippen LogP contribution in [0.15, 0.2) is 6.33 Å². The van der Waals surface area contributed by atoms with Crippen molar-refractivity contribution in [1.29, 1.82) is 0 Å². The largest absolute Gasteiger partial charge is 0.231 e. The molecule has 0 fully saturated rings. The predicted octanol–water partition coefficient (Wildman–Crippen LogP) is 5.20. The third kappa shape index (κ3) is 5.13. The van der Waals surface area contributed by atoms with Gasteiger partial charge in [-0.15, -0.1) is 0 Å². The Bertz CT molecular complexity index is 351. The minimum Gasteiger partial charge on any atom is -0.231 e. The molecule has 1 heterocycles. The molecule has 0 radical (unpaired) electrons. The van der Waals surface area contributed by atoms with Gasteiger partial charge in [-0.25, -0.2) is 9.67 Å². The molecule has 19 heavy (non-hydrogen) atoms. The summed E-state index contributed by atoms with van der Waals surface area (Å²) in [6.45, 7) is 6.74. The second kappa shape index (κ2) is 8.57. The molecule has 4 heteroatoms. The van der Waals surface area contributed by atoms with Crippen molar-refractivity contribution in [2.24, 2.45) is 0 Å². The molecule has 0 aliphatic heterocycles. The van der Waals surface area contributed by atoms with Gasteiger partial charge in [0, 0.05) is 0 Å². The molecular weight excluding hydrogens is 258 g/mol. The normalized spacial score (nSPS) is 14.5. The van der Waals surface area contributed by atoms with Crippen LogP contribution in [0.25, 0.3) is 0 Å². The first kappa shape index (κ1) is 16.5. The number of hydrogen-bond acceptors (Lipinski definition) is 2. The molecule has 0 saturated heterocycles. The van der Waals surface area contributed by atoms with Crippen molar-refractivity contribution in [3.8, 4) is 0 Å². The summed E-state index contributed by atoms with van der Waals surface area (Å²) < 4.78 is 1.92. The molecule has 3 nitrogen and oxygen atoms in total. The number of nitrogens with zero attached hydrogens (tertiary/aromatic N) is 3. The van der Waals surface area contributed by atoms with Crippen molar-refractivity contribution >= 4 is 11.6 Å². The van der Waals surface area contributed by atoms with Gasteiger partial charge in [-0.2, -0.15) is 5.10 Å². The van der Waals surface area contributed by atoms with E-state index in [1.807, 2.05) is 4.68 Å². The van der Waals surface area contributed by atoms with Crippen molar-refractivity contribution in [3.05, 3.63) is 11.6 Å². The van der Waals surface area contributed by atoms with Crippen LogP contribution in [-0.2, 0) is 5.54 Å². The highest BCUT2D eigenvalue weighted by atomic mass is 35.5. The number of aromatic nitrogens is 3. The lowest BCUT2D eigenvalue weighted by Crippen LogP contribution is -2.31. The number of hydrogen-bond donors (Lipinski definition) is 0. The van der Waals surface area contributed by atoms with E-state index >= 15 is 0 Å². The molecule has 0 aromatic carbocycles. The molecule has 0 aliphatic carbocycles. The number of rotatable bonds is 10. The van der Waals surface area contributed by atoms with E-state index in [-0.39, 0.29) is 5.54 Å². The fourth-order valence-electron chi connectivity index (χ4n) is 2.59. The van der Waals surface area contributed by atoms with E-state index < -0.39 is 0 Å². The van der Waals surface area contributed by atoms with Crippen molar-refractivity contribution in [1.82, 2.24) is 14.8 Å². The smallest absolute Gasteiger partial charge is 0.221 e. The van der Waals surface area contributed by atoms with Crippen LogP contribution < -0.4 is 0 Å². The summed E-state index contributed by atoms with van der Waals surface area (Å²) in [4.78, 5) is 4.07. The molecule has 0 N–H and O–H groups in total. The topological polar surface area (TPSA) is 30.7 Å². The Kier molecular flexibility index (Phi) is 7.44. The van der Waals surface area contributed by atoms with E-state index in [1.54, 1.807) is 6.33 Å². The van der Waals surface area contributed by atoms with Gasteiger partial charge in [0.15, 0.2) is 0 Å². The second-order valence-corrected chi connectivity index (χ2v) is 6.04. The van der Waals surface area contributed by atoms with Gasteiger partial charge in [0.25, 0.3) is 0 Å². The zero-order chi connectivity index (χ0) is 14.1. The van der Waals surface area contributed by atoms with Crippen LogP contribution in [0.1, 0.15) is 78.6 Å². The van der Waals surface area contributed by atoms with Gasteiger partial charge in [-0.3, -0.25) is 0 Å². The van der Waals surface area contributed by atoms with E-state index in [1.165, 1.54) is 44.9 Å². The lowest BCUT2D eigenvalue weighted by atomic mass is 9.89. The Morgan fingerprint density at radius 3 is 2.26 bits per heavy atom. The predicted molar refractivity (Wildman–Crippen MR) is 81.6 cm³/mol. The molecular formula is C15H28ClN3. The molecule has 1 atom stereocenters. The van der Waals surface area contributed by atoms with Crippen LogP contribution in [0.2, 0.25) is 5.28 Å². The molecule has 0 spiro atoms. The van der Waals surface area contributed by atoms with Gasteiger partial charge in [-0.1, -0.05) is 58.8 Å². The maximum atomic E-state index is 6.16. The first-order valence-corrected chi connectivity index (χ1v) is 8.08. The van der Waals surface area contributed by atoms with E-state index in [0.29, 0.717) is 5.28 Å². The zero-order valence-electron chi connectivity index (χ0n) is 12.7. The van der Waals surface area contributed by atoms with Crippen LogP contribution in [0, 0.1) is 0 Å². The second-order valence-electron chi connectivity index (χ2n) is 5.71. The van der Waals surface area contributed by atoms with Crippen LogP contribution in [-0.4, -0.2) is 14.8 Å². The molecule has 0 aliphatic rings. The Hall–Kier alpha value is -0.570. The highest BCUT2D eigenvalue weighted by molar-refractivity contribution is 6.28. The standard InChI is InChI=1S/C15H28ClN3/c1-4-6-8-9-10-12-15(3,11-7-5-2)19-14(16)17-13-18-19/h13H,4-12H2,1-3H3. The van der Waals surface area contributed by atoms with E-state index in [0.717, 1.165) is 12.8 Å². The fourth-order valence-corrected chi connectivity index (χ4v) is 2.88. The highest BCUT2D eigenvalue weighted by Gasteiger charge is 2.28. The minimum atomic E-state index is 0.0236. The number of unbranched alkanes of at least 4 members (excludes halogenated alkanes) is 5. The highest BCUT2D eigenvalue weighted by Crippen LogP contribution is 2.31. The van der Waals surface area contributed by atoms with Gasteiger partial charge in [-0.05, 0) is 31.4 Å². The molecule has 1 rings (SSSR count). The molecule has 0 bridgehead atoms. The monoisotopic (exact) mass is 285 g/mol. The average Bonchev–Trinajstić information content (AvgIpc) is 2.83. The third-order valence-corrected chi connectivity index (χ3v) is 4.16. The van der Waals surface area contributed by atoms with E-state index in [2.05, 4.69) is 30.9 Å². The quantitative estimate of drug-likeness (QED) is 0.553. The van der Waals surface area contributed by atoms with Crippen molar-refractivity contribution < 1.29 is 0 Å². The molecule has 1 unspecified atom stereocenters. The summed E-state index contributed by atoms with van der Waals surface area (Å²) in [5.41, 5.74) is 0.0236. The lowest BCUT2D eigenvalue weighted by Gasteiger charge is -2.30. The van der Waals surface area contributed by atoms with E-state index in [9.17, 15) is 0 Å². The number of halogens is 1. The first-order chi connectivity index (χ1) is 9.14. The molecule has 0 saturated carbocycles. The third-order valence-electron chi connectivity index (χ3n) is 3.91. The lowest BCUT2D eigenvalue weighted by molar-refractivity contribution is 0.228. The Labute approximate surface area is 122 Å². The summed E-state index contributed by atoms with van der Waals surface area (Å²) >= 11 is 6.16. The summed E-state index contributed by atoms with van der Waals surface area (Å²) in [7, 11) is 0. The van der Waals surface area contributed by atoms with Crippen LogP contribution in [0.3, 0.4) is 0 Å². The maximum absolute atomic E-state index is 6.16. The van der Waals surface area contributed by atoms with Crippen LogP contribution >= 0.6 is 11.6 Å². The van der Waals surface area contributed by atoms with Crippen molar-refractivity contribution in [3.63, 3.8) is 0 Å². The SMILES string of the molecule is CCCCCCCC(C)(CCCC)n1ncnc1Cl. The van der Waals surface area contributed by atoms with Gasteiger partial charge in [0.2, 0.25) is 5.28 Å². The van der Waals surface area contributed by atoms with Gasteiger partial charge >= 0.3 is 0 Å². The molecule has 1 aromatic rings. The maximum Gasteiger partial charge on any atom is 0.221 e. The Balaban J connectivity index is 2.58. The molecule has 110 valence electrons. The first-order valence-electron chi connectivity index (χ1n) is 7.70. The van der Waals surface area contributed by atoms with Gasteiger partial charge < -0.3 is 0 Å². The summed E-state index contributed by atoms with van der Waals surface area (Å²) in [5, 5.41) is 4.85. The van der Waals surface area contributed by atoms with Crippen LogP contribution in [0.5, 0.6) is 0 Å². The van der Waals surface area contributed by atoms with Crippen molar-refractivity contribution in [2.75, 3.05) is 0 Å². The summed E-state index contributed by atoms with van der Waals surface area (Å²) in [6.07, 6.45) is 12.8. The van der Waals surface area contributed by atoms with Crippen molar-refractivity contribution in [2.45, 2.75) is 84.1 Å². The summed E-state index contributed by atoms with van der Waals surface area (Å²) in [5.74, 6) is 0. The van der Waals surface area contributed by atoms with Gasteiger partial charge in [0.1, 0.15) is 6.33 Å². The average molecular weight is 286 g/mol. The van der Waals surface area contributed by atoms with Gasteiger partial charge in [0.05, 0.1) is 5.54 Å². The zero-order valence-corrected chi connectivity index (χ0v) is 13.4.